The number of carboxylic acids is 1. The molecule has 12 heteroatoms. The highest BCUT2D eigenvalue weighted by Gasteiger charge is 2.52. The molecule has 0 saturated carbocycles. The molecule has 2 N–H and O–H groups in total. The van der Waals surface area contributed by atoms with Gasteiger partial charge in [0.05, 0.1) is 18.2 Å². The van der Waals surface area contributed by atoms with Gasteiger partial charge in [-0.25, -0.2) is 4.79 Å². The molecule has 5 atom stereocenters. The predicted molar refractivity (Wildman–Crippen MR) is 138 cm³/mol. The van der Waals surface area contributed by atoms with Crippen LogP contribution in [0, 0.1) is 6.92 Å². The lowest BCUT2D eigenvalue weighted by atomic mass is 9.87. The van der Waals surface area contributed by atoms with Crippen LogP contribution in [0.1, 0.15) is 58.7 Å². The fraction of sp³-hybridized carbons (Fsp3) is 0.393. The second-order valence-electron chi connectivity index (χ2n) is 9.14. The zero-order chi connectivity index (χ0) is 29.6. The van der Waals surface area contributed by atoms with Crippen molar-refractivity contribution in [1.29, 1.82) is 0 Å². The van der Waals surface area contributed by atoms with Crippen LogP contribution in [0.4, 0.5) is 0 Å². The number of rotatable bonds is 9. The van der Waals surface area contributed by atoms with E-state index in [1.54, 1.807) is 18.2 Å². The first-order chi connectivity index (χ1) is 18.9. The van der Waals surface area contributed by atoms with E-state index >= 15 is 0 Å². The Morgan fingerprint density at radius 3 is 2.10 bits per heavy atom. The van der Waals surface area contributed by atoms with Gasteiger partial charge in [0.25, 0.3) is 5.91 Å². The molecule has 0 unspecified atom stereocenters. The van der Waals surface area contributed by atoms with Crippen LogP contribution in [0.2, 0.25) is 0 Å². The van der Waals surface area contributed by atoms with Crippen molar-refractivity contribution in [2.45, 2.75) is 58.2 Å². The highest BCUT2D eigenvalue weighted by molar-refractivity contribution is 6.04. The Bertz CT molecular complexity index is 1290. The molecule has 0 aromatic heterocycles. The minimum Gasteiger partial charge on any atom is -0.496 e. The van der Waals surface area contributed by atoms with Crippen LogP contribution in [0.15, 0.2) is 42.5 Å². The van der Waals surface area contributed by atoms with E-state index in [1.165, 1.54) is 38.3 Å². The summed E-state index contributed by atoms with van der Waals surface area (Å²) in [7, 11) is 1.44. The molecule has 1 saturated heterocycles. The number of aromatic carboxylic acids is 1. The number of hydrogen-bond acceptors (Lipinski definition) is 10. The number of aryl methyl sites for hydroxylation is 1. The van der Waals surface area contributed by atoms with Crippen molar-refractivity contribution in [3.05, 3.63) is 64.7 Å². The first-order valence-corrected chi connectivity index (χ1v) is 12.3. The molecule has 40 heavy (non-hydrogen) atoms. The minimum atomic E-state index is -1.34. The smallest absolute Gasteiger partial charge is 0.336 e. The van der Waals surface area contributed by atoms with Gasteiger partial charge in [0, 0.05) is 26.3 Å². The van der Waals surface area contributed by atoms with Crippen LogP contribution in [0.5, 0.6) is 5.75 Å². The van der Waals surface area contributed by atoms with Gasteiger partial charge in [-0.15, -0.1) is 0 Å². The van der Waals surface area contributed by atoms with Crippen molar-refractivity contribution >= 4 is 29.8 Å². The molecule has 0 bridgehead atoms. The van der Waals surface area contributed by atoms with E-state index in [4.69, 9.17) is 23.7 Å². The zero-order valence-electron chi connectivity index (χ0n) is 22.7. The van der Waals surface area contributed by atoms with Crippen molar-refractivity contribution in [3.63, 3.8) is 0 Å². The summed E-state index contributed by atoms with van der Waals surface area (Å²) >= 11 is 0. The first-order valence-electron chi connectivity index (χ1n) is 12.3. The maximum Gasteiger partial charge on any atom is 0.336 e. The van der Waals surface area contributed by atoms with Crippen molar-refractivity contribution in [2.75, 3.05) is 13.7 Å². The lowest BCUT2D eigenvalue weighted by molar-refractivity contribution is -0.224. The van der Waals surface area contributed by atoms with Crippen LogP contribution in [0.25, 0.3) is 0 Å². The molecule has 0 spiro atoms. The lowest BCUT2D eigenvalue weighted by Gasteiger charge is -2.45. The molecule has 2 aromatic rings. The molecule has 0 aliphatic carbocycles. The molecule has 1 fully saturated rings. The molecule has 1 aliphatic heterocycles. The molecule has 1 amide bonds. The van der Waals surface area contributed by atoms with E-state index in [9.17, 15) is 29.1 Å². The predicted octanol–water partition coefficient (Wildman–Crippen LogP) is 2.37. The number of carboxylic acid groups (broad SMARTS) is 1. The van der Waals surface area contributed by atoms with Gasteiger partial charge in [-0.2, -0.15) is 0 Å². The van der Waals surface area contributed by atoms with Crippen molar-refractivity contribution in [1.82, 2.24) is 5.32 Å². The molecular formula is C28H31NO11. The Balaban J connectivity index is 2.19. The van der Waals surface area contributed by atoms with E-state index in [1.807, 2.05) is 6.92 Å². The summed E-state index contributed by atoms with van der Waals surface area (Å²) in [6, 6.07) is 9.59. The second-order valence-corrected chi connectivity index (χ2v) is 9.14. The molecule has 1 heterocycles. The number of carbonyl (C=O) groups excluding carboxylic acids is 4. The third kappa shape index (κ3) is 7.14. The highest BCUT2D eigenvalue weighted by Crippen LogP contribution is 2.40. The summed E-state index contributed by atoms with van der Waals surface area (Å²) in [5.41, 5.74) is 0.848. The van der Waals surface area contributed by atoms with Crippen molar-refractivity contribution < 1.29 is 52.8 Å². The third-order valence-corrected chi connectivity index (χ3v) is 6.14. The zero-order valence-corrected chi connectivity index (χ0v) is 22.7. The normalized spacial score (nSPS) is 22.0. The maximum atomic E-state index is 13.5. The lowest BCUT2D eigenvalue weighted by Crippen LogP contribution is -2.63. The number of nitrogens with one attached hydrogen (secondary N) is 1. The second kappa shape index (κ2) is 13.1. The molecular weight excluding hydrogens is 526 g/mol. The van der Waals surface area contributed by atoms with Crippen LogP contribution in [0.3, 0.4) is 0 Å². The molecule has 0 radical (unpaired) electrons. The van der Waals surface area contributed by atoms with E-state index in [0.717, 1.165) is 19.4 Å². The van der Waals surface area contributed by atoms with Gasteiger partial charge in [-0.3, -0.25) is 19.2 Å². The van der Waals surface area contributed by atoms with Gasteiger partial charge in [0.2, 0.25) is 0 Å². The van der Waals surface area contributed by atoms with Gasteiger partial charge in [-0.05, 0) is 31.2 Å². The number of hydrogen-bond donors (Lipinski definition) is 2. The monoisotopic (exact) mass is 557 g/mol. The average molecular weight is 558 g/mol. The minimum absolute atomic E-state index is 0.155. The summed E-state index contributed by atoms with van der Waals surface area (Å²) < 4.78 is 28.1. The van der Waals surface area contributed by atoms with Crippen LogP contribution >= 0.6 is 0 Å². The van der Waals surface area contributed by atoms with E-state index in [0.29, 0.717) is 11.3 Å². The van der Waals surface area contributed by atoms with Crippen molar-refractivity contribution in [3.8, 4) is 5.75 Å². The van der Waals surface area contributed by atoms with Gasteiger partial charge < -0.3 is 34.1 Å². The number of ether oxygens (including phenoxy) is 5. The Labute approximate surface area is 230 Å². The standard InChI is InChI=1S/C28H31NO11/c1-14-10-11-21(36-5)20(12-14)24-23(29-27(33)18-8-6-7-9-19(18)28(34)35)26(39-17(4)32)25(38-16(3)31)22(40-24)13-37-15(2)30/h6-12,22-26H,13H2,1-5H3,(H,29,33)(H,34,35)/t22-,23+,24+,25-,26-/m1/s1. The topological polar surface area (TPSA) is 164 Å². The van der Waals surface area contributed by atoms with E-state index in [-0.39, 0.29) is 17.7 Å². The maximum absolute atomic E-state index is 13.5. The van der Waals surface area contributed by atoms with E-state index in [2.05, 4.69) is 5.32 Å². The highest BCUT2D eigenvalue weighted by atomic mass is 16.6. The number of benzene rings is 2. The molecule has 214 valence electrons. The fourth-order valence-electron chi connectivity index (χ4n) is 4.54. The molecule has 3 rings (SSSR count). The first kappa shape index (κ1) is 30.1. The third-order valence-electron chi connectivity index (χ3n) is 6.14. The van der Waals surface area contributed by atoms with Crippen LogP contribution in [-0.4, -0.2) is 73.0 Å². The van der Waals surface area contributed by atoms with Crippen molar-refractivity contribution in [2.24, 2.45) is 0 Å². The number of esters is 3. The molecule has 2 aromatic carbocycles. The molecule has 12 nitrogen and oxygen atoms in total. The summed E-state index contributed by atoms with van der Waals surface area (Å²) in [6.45, 7) is 4.93. The largest absolute Gasteiger partial charge is 0.496 e. The molecule has 1 aliphatic rings. The average Bonchev–Trinajstić information content (AvgIpc) is 2.89. The summed E-state index contributed by atoms with van der Waals surface area (Å²) in [4.78, 5) is 61.3. The number of carbonyl (C=O) groups is 5. The Morgan fingerprint density at radius 2 is 1.52 bits per heavy atom. The van der Waals surface area contributed by atoms with Gasteiger partial charge in [0.1, 0.15) is 30.6 Å². The number of amides is 1. The summed E-state index contributed by atoms with van der Waals surface area (Å²) in [6.07, 6.45) is -4.86. The van der Waals surface area contributed by atoms with Gasteiger partial charge in [-0.1, -0.05) is 23.8 Å². The van der Waals surface area contributed by atoms with Crippen LogP contribution < -0.4 is 10.1 Å². The van der Waals surface area contributed by atoms with Crippen LogP contribution in [-0.2, 0) is 33.3 Å². The van der Waals surface area contributed by atoms with Gasteiger partial charge in [0.15, 0.2) is 12.2 Å². The van der Waals surface area contributed by atoms with E-state index < -0.39 is 60.2 Å². The quantitative estimate of drug-likeness (QED) is 0.344. The Kier molecular flexibility index (Phi) is 9.83. The number of methoxy groups -OCH3 is 1. The fourth-order valence-corrected chi connectivity index (χ4v) is 4.54. The Morgan fingerprint density at radius 1 is 0.900 bits per heavy atom. The Hall–Kier alpha value is -4.45. The summed E-state index contributed by atoms with van der Waals surface area (Å²) in [5.74, 6) is -3.88. The van der Waals surface area contributed by atoms with Gasteiger partial charge >= 0.3 is 23.9 Å². The SMILES string of the molecule is COc1ccc(C)cc1[C@@H]1O[C@H](COC(C)=O)[C@@H](OC(C)=O)[C@H](OC(C)=O)[C@H]1NC(=O)c1ccccc1C(=O)O. The summed E-state index contributed by atoms with van der Waals surface area (Å²) in [5, 5.41) is 12.3.